The van der Waals surface area contributed by atoms with Crippen LogP contribution in [0.4, 0.5) is 0 Å². The van der Waals surface area contributed by atoms with Crippen molar-refractivity contribution in [3.63, 3.8) is 0 Å². The molecule has 1 aromatic rings. The zero-order chi connectivity index (χ0) is 9.68. The summed E-state index contributed by atoms with van der Waals surface area (Å²) >= 11 is 4.76. The molecular weight excluding hydrogens is 200 g/mol. The van der Waals surface area contributed by atoms with E-state index in [0.717, 1.165) is 11.3 Å². The van der Waals surface area contributed by atoms with Gasteiger partial charge in [0.1, 0.15) is 0 Å². The van der Waals surface area contributed by atoms with E-state index in [1.807, 2.05) is 24.3 Å². The summed E-state index contributed by atoms with van der Waals surface area (Å²) < 4.78 is 9.13. The van der Waals surface area contributed by atoms with E-state index in [2.05, 4.69) is 6.92 Å². The van der Waals surface area contributed by atoms with E-state index in [-0.39, 0.29) is 0 Å². The first-order valence-corrected chi connectivity index (χ1v) is 6.54. The van der Waals surface area contributed by atoms with Crippen molar-refractivity contribution in [1.29, 1.82) is 0 Å². The molecule has 1 atom stereocenters. The predicted octanol–water partition coefficient (Wildman–Crippen LogP) is 2.94. The molecule has 0 aliphatic carbocycles. The fourth-order valence-corrected chi connectivity index (χ4v) is 1.86. The van der Waals surface area contributed by atoms with Crippen LogP contribution in [0, 0.1) is 0 Å². The van der Waals surface area contributed by atoms with Crippen molar-refractivity contribution in [2.75, 3.05) is 0 Å². The number of aryl methyl sites for hydroxylation is 1. The molecule has 1 N–H and O–H groups in total. The van der Waals surface area contributed by atoms with Crippen molar-refractivity contribution in [1.82, 2.24) is 0 Å². The normalized spacial score (nSPS) is 12.8. The highest BCUT2D eigenvalue weighted by Gasteiger charge is 1.95. The average molecular weight is 214 g/mol. The summed E-state index contributed by atoms with van der Waals surface area (Å²) in [7, 11) is -1.01. The Hall–Kier alpha value is -0.250. The minimum absolute atomic E-state index is 0.843. The monoisotopic (exact) mass is 214 g/mol. The van der Waals surface area contributed by atoms with Gasteiger partial charge in [-0.05, 0) is 41.7 Å². The van der Waals surface area contributed by atoms with Gasteiger partial charge in [-0.25, -0.2) is 0 Å². The van der Waals surface area contributed by atoms with Crippen LogP contribution in [-0.2, 0) is 27.3 Å². The molecular formula is C10H14OS2. The van der Waals surface area contributed by atoms with Crippen LogP contribution in [0.3, 0.4) is 0 Å². The third-order valence-corrected chi connectivity index (χ3v) is 3.20. The molecule has 0 aliphatic rings. The molecule has 0 bridgehead atoms. The van der Waals surface area contributed by atoms with Gasteiger partial charge in [0, 0.05) is 14.6 Å². The first-order valence-electron chi connectivity index (χ1n) is 4.44. The van der Waals surface area contributed by atoms with E-state index in [4.69, 9.17) is 15.7 Å². The fraction of sp³-hybridized carbons (Fsp3) is 0.400. The lowest BCUT2D eigenvalue weighted by molar-refractivity contribution is 0.656. The van der Waals surface area contributed by atoms with Crippen LogP contribution in [0.15, 0.2) is 29.2 Å². The second-order valence-corrected chi connectivity index (χ2v) is 4.91. The smallest absolute Gasteiger partial charge is 0.0378 e. The Morgan fingerprint density at radius 1 is 1.31 bits per heavy atom. The first kappa shape index (κ1) is 10.8. The van der Waals surface area contributed by atoms with Gasteiger partial charge in [0.15, 0.2) is 0 Å². The Kier molecular flexibility index (Phi) is 4.56. The first-order chi connectivity index (χ1) is 6.24. The summed E-state index contributed by atoms with van der Waals surface area (Å²) in [6, 6.07) is 7.93. The lowest BCUT2D eigenvalue weighted by Crippen LogP contribution is -1.88. The highest BCUT2D eigenvalue weighted by atomic mass is 32.8. The molecule has 0 aliphatic heterocycles. The van der Waals surface area contributed by atoms with E-state index in [0.29, 0.717) is 0 Å². The van der Waals surface area contributed by atoms with Crippen LogP contribution in [0.5, 0.6) is 0 Å². The summed E-state index contributed by atoms with van der Waals surface area (Å²) in [5.41, 5.74) is 1.33. The maximum atomic E-state index is 9.13. The Bertz CT molecular complexity index is 279. The Labute approximate surface area is 86.6 Å². The van der Waals surface area contributed by atoms with Gasteiger partial charge in [-0.15, -0.1) is 0 Å². The minimum atomic E-state index is -1.01. The van der Waals surface area contributed by atoms with Crippen LogP contribution in [0.2, 0.25) is 0 Å². The molecule has 1 aromatic carbocycles. The molecule has 13 heavy (non-hydrogen) atoms. The molecule has 0 spiro atoms. The van der Waals surface area contributed by atoms with E-state index in [1.165, 1.54) is 18.4 Å². The summed E-state index contributed by atoms with van der Waals surface area (Å²) in [4.78, 5) is 0.843. The average Bonchev–Trinajstić information content (AvgIpc) is 2.15. The molecule has 0 amide bonds. The summed E-state index contributed by atoms with van der Waals surface area (Å²) in [5.74, 6) is 0. The zero-order valence-corrected chi connectivity index (χ0v) is 9.33. The van der Waals surface area contributed by atoms with Crippen LogP contribution in [0.25, 0.3) is 0 Å². The third-order valence-electron chi connectivity index (χ3n) is 1.94. The predicted molar refractivity (Wildman–Crippen MR) is 60.7 cm³/mol. The fourth-order valence-electron chi connectivity index (χ4n) is 1.15. The summed E-state index contributed by atoms with van der Waals surface area (Å²) in [6.07, 6.45) is 3.55. The third kappa shape index (κ3) is 3.55. The summed E-state index contributed by atoms with van der Waals surface area (Å²) in [5, 5.41) is 0. The molecule has 72 valence electrons. The second-order valence-electron chi connectivity index (χ2n) is 3.00. The molecule has 0 radical (unpaired) electrons. The lowest BCUT2D eigenvalue weighted by Gasteiger charge is -2.01. The van der Waals surface area contributed by atoms with Gasteiger partial charge in [-0.3, -0.25) is 0 Å². The minimum Gasteiger partial charge on any atom is -0.323 e. The Morgan fingerprint density at radius 3 is 2.38 bits per heavy atom. The standard InChI is InChI=1S/C10H14OS2/c1-2-3-4-9-5-7-10(8-6-9)13(11)12/h5-8H,2-4H2,1H3,(H,11,12). The van der Waals surface area contributed by atoms with E-state index in [1.54, 1.807) is 0 Å². The van der Waals surface area contributed by atoms with Crippen molar-refractivity contribution >= 4 is 20.9 Å². The van der Waals surface area contributed by atoms with E-state index < -0.39 is 9.74 Å². The van der Waals surface area contributed by atoms with Crippen LogP contribution in [0.1, 0.15) is 25.3 Å². The van der Waals surface area contributed by atoms with Gasteiger partial charge < -0.3 is 4.55 Å². The number of rotatable bonds is 4. The van der Waals surface area contributed by atoms with Crippen molar-refractivity contribution in [2.24, 2.45) is 0 Å². The van der Waals surface area contributed by atoms with Crippen LogP contribution >= 0.6 is 0 Å². The van der Waals surface area contributed by atoms with E-state index >= 15 is 0 Å². The summed E-state index contributed by atoms with van der Waals surface area (Å²) in [6.45, 7) is 2.18. The van der Waals surface area contributed by atoms with Gasteiger partial charge in [0.2, 0.25) is 0 Å². The molecule has 0 saturated heterocycles. The highest BCUT2D eigenvalue weighted by molar-refractivity contribution is 8.25. The molecule has 0 fully saturated rings. The van der Waals surface area contributed by atoms with Crippen molar-refractivity contribution in [2.45, 2.75) is 31.1 Å². The van der Waals surface area contributed by atoms with Crippen molar-refractivity contribution in [3.05, 3.63) is 29.8 Å². The zero-order valence-electron chi connectivity index (χ0n) is 7.69. The van der Waals surface area contributed by atoms with Crippen molar-refractivity contribution in [3.8, 4) is 0 Å². The highest BCUT2D eigenvalue weighted by Crippen LogP contribution is 2.09. The topological polar surface area (TPSA) is 20.2 Å². The van der Waals surface area contributed by atoms with Gasteiger partial charge in [-0.2, -0.15) is 0 Å². The quantitative estimate of drug-likeness (QED) is 0.831. The molecule has 0 saturated carbocycles. The maximum absolute atomic E-state index is 9.13. The molecule has 1 nitrogen and oxygen atoms in total. The lowest BCUT2D eigenvalue weighted by atomic mass is 10.1. The molecule has 1 rings (SSSR count). The molecule has 1 unspecified atom stereocenters. The SMILES string of the molecule is CCCCc1ccc(S(O)=S)cc1. The van der Waals surface area contributed by atoms with Gasteiger partial charge >= 0.3 is 0 Å². The van der Waals surface area contributed by atoms with Crippen molar-refractivity contribution < 1.29 is 4.55 Å². The second kappa shape index (κ2) is 5.47. The van der Waals surface area contributed by atoms with Gasteiger partial charge in [0.05, 0.1) is 0 Å². The number of hydrogen-bond acceptors (Lipinski definition) is 1. The Balaban J connectivity index is 2.64. The van der Waals surface area contributed by atoms with Crippen LogP contribution < -0.4 is 0 Å². The Morgan fingerprint density at radius 2 is 1.92 bits per heavy atom. The van der Waals surface area contributed by atoms with E-state index in [9.17, 15) is 0 Å². The number of hydrogen-bond donors (Lipinski definition) is 1. The number of unbranched alkanes of at least 4 members (excludes halogenated alkanes) is 1. The van der Waals surface area contributed by atoms with Gasteiger partial charge in [0.25, 0.3) is 0 Å². The molecule has 0 heterocycles. The molecule has 3 heteroatoms. The van der Waals surface area contributed by atoms with Crippen LogP contribution in [-0.4, -0.2) is 4.55 Å². The largest absolute Gasteiger partial charge is 0.323 e. The van der Waals surface area contributed by atoms with Gasteiger partial charge in [-0.1, -0.05) is 25.5 Å². The molecule has 0 aromatic heterocycles. The number of benzene rings is 1. The maximum Gasteiger partial charge on any atom is 0.0378 e.